The molecule has 0 spiro atoms. The molecule has 116 valence electrons. The first-order valence-electron chi connectivity index (χ1n) is 7.18. The van der Waals surface area contributed by atoms with Crippen LogP contribution in [0.5, 0.6) is 0 Å². The van der Waals surface area contributed by atoms with Gasteiger partial charge in [-0.15, -0.1) is 0 Å². The lowest BCUT2D eigenvalue weighted by molar-refractivity contribution is 0.132. The molecule has 0 radical (unpaired) electrons. The van der Waals surface area contributed by atoms with E-state index in [2.05, 4.69) is 10.2 Å². The van der Waals surface area contributed by atoms with Crippen LogP contribution >= 0.6 is 11.6 Å². The predicted octanol–water partition coefficient (Wildman–Crippen LogP) is 1.81. The highest BCUT2D eigenvalue weighted by atomic mass is 35.5. The number of urea groups is 1. The first-order chi connectivity index (χ1) is 10.2. The number of carbonyl (C=O) groups is 1. The van der Waals surface area contributed by atoms with Gasteiger partial charge in [-0.2, -0.15) is 0 Å². The Hall–Kier alpha value is -1.30. The van der Waals surface area contributed by atoms with Gasteiger partial charge in [0.1, 0.15) is 0 Å². The Labute approximate surface area is 130 Å². The Kier molecular flexibility index (Phi) is 6.29. The molecular weight excluding hydrogens is 290 g/mol. The number of hydrogen-bond donors (Lipinski definition) is 1. The third kappa shape index (κ3) is 4.88. The molecule has 0 aromatic heterocycles. The summed E-state index contributed by atoms with van der Waals surface area (Å²) in [7, 11) is 1.62. The van der Waals surface area contributed by atoms with E-state index in [4.69, 9.17) is 16.3 Å². The van der Waals surface area contributed by atoms with Gasteiger partial charge in [0, 0.05) is 51.4 Å². The molecule has 2 rings (SSSR count). The van der Waals surface area contributed by atoms with E-state index in [-0.39, 0.29) is 6.03 Å². The van der Waals surface area contributed by atoms with Crippen molar-refractivity contribution in [3.63, 3.8) is 0 Å². The summed E-state index contributed by atoms with van der Waals surface area (Å²) >= 11 is 6.18. The second kappa shape index (κ2) is 8.22. The van der Waals surface area contributed by atoms with Crippen LogP contribution in [0.25, 0.3) is 0 Å². The number of amides is 2. The van der Waals surface area contributed by atoms with Gasteiger partial charge in [-0.3, -0.25) is 4.90 Å². The molecule has 1 saturated heterocycles. The molecule has 6 heteroatoms. The molecule has 1 aromatic rings. The van der Waals surface area contributed by atoms with Gasteiger partial charge in [0.25, 0.3) is 0 Å². The van der Waals surface area contributed by atoms with Gasteiger partial charge in [-0.1, -0.05) is 29.8 Å². The second-order valence-corrected chi connectivity index (χ2v) is 5.49. The van der Waals surface area contributed by atoms with Crippen molar-refractivity contribution in [2.24, 2.45) is 0 Å². The number of ether oxygens (including phenoxy) is 1. The van der Waals surface area contributed by atoms with Gasteiger partial charge in [0.15, 0.2) is 0 Å². The van der Waals surface area contributed by atoms with E-state index in [1.165, 1.54) is 0 Å². The van der Waals surface area contributed by atoms with Crippen molar-refractivity contribution >= 4 is 17.6 Å². The largest absolute Gasteiger partial charge is 0.383 e. The molecule has 5 nitrogen and oxygen atoms in total. The van der Waals surface area contributed by atoms with E-state index >= 15 is 0 Å². The molecule has 0 unspecified atom stereocenters. The molecule has 1 N–H and O–H groups in total. The van der Waals surface area contributed by atoms with Crippen LogP contribution in [0.3, 0.4) is 0 Å². The zero-order valence-corrected chi connectivity index (χ0v) is 13.1. The van der Waals surface area contributed by atoms with Crippen molar-refractivity contribution in [1.29, 1.82) is 0 Å². The number of nitrogens with one attached hydrogen (secondary N) is 1. The van der Waals surface area contributed by atoms with Crippen LogP contribution in [0.4, 0.5) is 4.79 Å². The Balaban J connectivity index is 1.75. The van der Waals surface area contributed by atoms with E-state index in [1.54, 1.807) is 7.11 Å². The molecule has 2 amide bonds. The van der Waals surface area contributed by atoms with Crippen LogP contribution in [-0.4, -0.2) is 62.3 Å². The SMILES string of the molecule is COCCNC(=O)N1CCN(Cc2ccccc2Cl)CC1. The summed E-state index contributed by atoms with van der Waals surface area (Å²) in [5, 5.41) is 3.65. The van der Waals surface area contributed by atoms with Crippen LogP contribution < -0.4 is 5.32 Å². The van der Waals surface area contributed by atoms with Crippen molar-refractivity contribution in [3.8, 4) is 0 Å². The molecule has 0 aliphatic carbocycles. The number of rotatable bonds is 5. The van der Waals surface area contributed by atoms with Gasteiger partial charge in [0.05, 0.1) is 6.61 Å². The van der Waals surface area contributed by atoms with Crippen LogP contribution in [0.15, 0.2) is 24.3 Å². The average Bonchev–Trinajstić information content (AvgIpc) is 2.50. The lowest BCUT2D eigenvalue weighted by atomic mass is 10.2. The third-order valence-electron chi connectivity index (χ3n) is 3.59. The van der Waals surface area contributed by atoms with Crippen molar-refractivity contribution in [2.45, 2.75) is 6.54 Å². The molecular formula is C15H22ClN3O2. The van der Waals surface area contributed by atoms with Crippen LogP contribution in [0.2, 0.25) is 5.02 Å². The van der Waals surface area contributed by atoms with E-state index in [0.717, 1.165) is 43.3 Å². The Bertz CT molecular complexity index is 462. The molecule has 0 saturated carbocycles. The maximum absolute atomic E-state index is 11.9. The molecule has 1 aliphatic heterocycles. The summed E-state index contributed by atoms with van der Waals surface area (Å²) in [6.07, 6.45) is 0. The monoisotopic (exact) mass is 311 g/mol. The minimum absolute atomic E-state index is 0.00977. The summed E-state index contributed by atoms with van der Waals surface area (Å²) < 4.78 is 4.92. The molecule has 1 fully saturated rings. The third-order valence-corrected chi connectivity index (χ3v) is 3.96. The maximum Gasteiger partial charge on any atom is 0.317 e. The summed E-state index contributed by atoms with van der Waals surface area (Å²) in [4.78, 5) is 16.1. The zero-order chi connectivity index (χ0) is 15.1. The molecule has 1 heterocycles. The Morgan fingerprint density at radius 2 is 2.00 bits per heavy atom. The minimum atomic E-state index is -0.00977. The summed E-state index contributed by atoms with van der Waals surface area (Å²) in [5.41, 5.74) is 1.14. The normalized spacial score (nSPS) is 16.0. The topological polar surface area (TPSA) is 44.8 Å². The summed E-state index contributed by atoms with van der Waals surface area (Å²) in [5.74, 6) is 0. The number of carbonyl (C=O) groups excluding carboxylic acids is 1. The van der Waals surface area contributed by atoms with Gasteiger partial charge < -0.3 is 15.0 Å². The van der Waals surface area contributed by atoms with Gasteiger partial charge in [-0.05, 0) is 11.6 Å². The van der Waals surface area contributed by atoms with Crippen molar-refractivity contribution in [3.05, 3.63) is 34.9 Å². The van der Waals surface area contributed by atoms with E-state index in [9.17, 15) is 4.79 Å². The van der Waals surface area contributed by atoms with Crippen LogP contribution in [-0.2, 0) is 11.3 Å². The molecule has 0 atom stereocenters. The highest BCUT2D eigenvalue weighted by Gasteiger charge is 2.21. The standard InChI is InChI=1S/C15H22ClN3O2/c1-21-11-6-17-15(20)19-9-7-18(8-10-19)12-13-4-2-3-5-14(13)16/h2-5H,6-12H2,1H3,(H,17,20). The fraction of sp³-hybridized carbons (Fsp3) is 0.533. The molecule has 1 aromatic carbocycles. The van der Waals surface area contributed by atoms with Gasteiger partial charge in [0.2, 0.25) is 0 Å². The van der Waals surface area contributed by atoms with Crippen molar-refractivity contribution < 1.29 is 9.53 Å². The lowest BCUT2D eigenvalue weighted by Gasteiger charge is -2.34. The van der Waals surface area contributed by atoms with E-state index in [1.807, 2.05) is 29.2 Å². The fourth-order valence-electron chi connectivity index (χ4n) is 2.35. The maximum atomic E-state index is 11.9. The minimum Gasteiger partial charge on any atom is -0.383 e. The van der Waals surface area contributed by atoms with Crippen LogP contribution in [0, 0.1) is 0 Å². The van der Waals surface area contributed by atoms with Gasteiger partial charge in [-0.25, -0.2) is 4.79 Å². The number of benzene rings is 1. The Morgan fingerprint density at radius 1 is 1.29 bits per heavy atom. The first-order valence-corrected chi connectivity index (χ1v) is 7.56. The highest BCUT2D eigenvalue weighted by Crippen LogP contribution is 2.17. The second-order valence-electron chi connectivity index (χ2n) is 5.08. The number of hydrogen-bond acceptors (Lipinski definition) is 3. The number of nitrogens with zero attached hydrogens (tertiary/aromatic N) is 2. The summed E-state index contributed by atoms with van der Waals surface area (Å²) in [6, 6.07) is 7.89. The highest BCUT2D eigenvalue weighted by molar-refractivity contribution is 6.31. The van der Waals surface area contributed by atoms with E-state index in [0.29, 0.717) is 13.2 Å². The molecule has 21 heavy (non-hydrogen) atoms. The quantitative estimate of drug-likeness (QED) is 0.844. The van der Waals surface area contributed by atoms with Crippen molar-refractivity contribution in [2.75, 3.05) is 46.4 Å². The van der Waals surface area contributed by atoms with Gasteiger partial charge >= 0.3 is 6.03 Å². The first kappa shape index (κ1) is 16.1. The number of methoxy groups -OCH3 is 1. The Morgan fingerprint density at radius 3 is 2.67 bits per heavy atom. The number of halogens is 1. The molecule has 1 aliphatic rings. The van der Waals surface area contributed by atoms with E-state index < -0.39 is 0 Å². The number of piperazine rings is 1. The predicted molar refractivity (Wildman–Crippen MR) is 83.6 cm³/mol. The molecule has 0 bridgehead atoms. The van der Waals surface area contributed by atoms with Crippen molar-refractivity contribution in [1.82, 2.24) is 15.1 Å². The summed E-state index contributed by atoms with van der Waals surface area (Å²) in [6.45, 7) is 5.13. The zero-order valence-electron chi connectivity index (χ0n) is 12.3. The smallest absolute Gasteiger partial charge is 0.317 e. The fourth-order valence-corrected chi connectivity index (χ4v) is 2.54. The van der Waals surface area contributed by atoms with Crippen LogP contribution in [0.1, 0.15) is 5.56 Å². The lowest BCUT2D eigenvalue weighted by Crippen LogP contribution is -2.51. The average molecular weight is 312 g/mol.